The van der Waals surface area contributed by atoms with Gasteiger partial charge in [-0.3, -0.25) is 4.90 Å². The van der Waals surface area contributed by atoms with E-state index < -0.39 is 0 Å². The third-order valence-electron chi connectivity index (χ3n) is 4.32. The Morgan fingerprint density at radius 2 is 2.00 bits per heavy atom. The maximum absolute atomic E-state index is 5.83. The second-order valence-electron chi connectivity index (χ2n) is 6.02. The van der Waals surface area contributed by atoms with Crippen molar-refractivity contribution in [1.29, 1.82) is 0 Å². The SMILES string of the molecule is CCc1nnc([C@H]2Cc3ccccc3CN2Cc2nc(C)no2)o1. The summed E-state index contributed by atoms with van der Waals surface area (Å²) in [5.74, 6) is 2.56. The van der Waals surface area contributed by atoms with E-state index in [2.05, 4.69) is 49.5 Å². The third-order valence-corrected chi connectivity index (χ3v) is 4.32. The molecule has 0 bridgehead atoms. The molecule has 7 heteroatoms. The first-order valence-corrected chi connectivity index (χ1v) is 8.15. The summed E-state index contributed by atoms with van der Waals surface area (Å²) in [5, 5.41) is 12.2. The van der Waals surface area contributed by atoms with Gasteiger partial charge in [-0.25, -0.2) is 0 Å². The molecule has 2 aromatic heterocycles. The molecule has 1 atom stereocenters. The molecule has 0 unspecified atom stereocenters. The van der Waals surface area contributed by atoms with Crippen LogP contribution >= 0.6 is 0 Å². The summed E-state index contributed by atoms with van der Waals surface area (Å²) in [7, 11) is 0. The molecule has 3 heterocycles. The van der Waals surface area contributed by atoms with Crippen molar-refractivity contribution in [1.82, 2.24) is 25.2 Å². The summed E-state index contributed by atoms with van der Waals surface area (Å²) in [4.78, 5) is 6.58. The number of hydrogen-bond donors (Lipinski definition) is 0. The van der Waals surface area contributed by atoms with E-state index in [0.29, 0.717) is 30.0 Å². The van der Waals surface area contributed by atoms with Gasteiger partial charge in [-0.1, -0.05) is 36.3 Å². The zero-order valence-electron chi connectivity index (χ0n) is 13.8. The van der Waals surface area contributed by atoms with Crippen molar-refractivity contribution in [2.45, 2.75) is 45.8 Å². The van der Waals surface area contributed by atoms with Gasteiger partial charge in [0, 0.05) is 13.0 Å². The molecule has 7 nitrogen and oxygen atoms in total. The van der Waals surface area contributed by atoms with Gasteiger partial charge in [-0.15, -0.1) is 10.2 Å². The number of rotatable bonds is 4. The van der Waals surface area contributed by atoms with E-state index in [1.54, 1.807) is 0 Å². The molecule has 0 spiro atoms. The Labute approximate surface area is 139 Å². The van der Waals surface area contributed by atoms with Gasteiger partial charge < -0.3 is 8.94 Å². The van der Waals surface area contributed by atoms with Crippen molar-refractivity contribution in [3.8, 4) is 0 Å². The maximum atomic E-state index is 5.83. The molecule has 4 rings (SSSR count). The fourth-order valence-corrected chi connectivity index (χ4v) is 3.11. The first-order valence-electron chi connectivity index (χ1n) is 8.15. The first-order chi connectivity index (χ1) is 11.7. The molecule has 1 aromatic carbocycles. The van der Waals surface area contributed by atoms with Crippen LogP contribution in [-0.2, 0) is 25.9 Å². The van der Waals surface area contributed by atoms with Gasteiger partial charge in [0.2, 0.25) is 17.7 Å². The van der Waals surface area contributed by atoms with Gasteiger partial charge in [0.25, 0.3) is 0 Å². The Bertz CT molecular complexity index is 841. The molecule has 0 fully saturated rings. The molecule has 24 heavy (non-hydrogen) atoms. The number of nitrogens with zero attached hydrogens (tertiary/aromatic N) is 5. The summed E-state index contributed by atoms with van der Waals surface area (Å²) in [6, 6.07) is 8.46. The maximum Gasteiger partial charge on any atom is 0.240 e. The predicted molar refractivity (Wildman–Crippen MR) is 84.8 cm³/mol. The predicted octanol–water partition coefficient (Wildman–Crippen LogP) is 2.62. The number of benzene rings is 1. The molecule has 3 aromatic rings. The molecular formula is C17H19N5O2. The highest BCUT2D eigenvalue weighted by molar-refractivity contribution is 5.30. The average Bonchev–Trinajstić information content (AvgIpc) is 3.23. The minimum atomic E-state index is 0.0138. The number of aryl methyl sites for hydroxylation is 2. The van der Waals surface area contributed by atoms with Crippen LogP contribution in [-0.4, -0.2) is 25.2 Å². The molecule has 0 radical (unpaired) electrons. The van der Waals surface area contributed by atoms with E-state index in [0.717, 1.165) is 19.4 Å². The van der Waals surface area contributed by atoms with Crippen LogP contribution in [0.15, 0.2) is 33.2 Å². The highest BCUT2D eigenvalue weighted by Crippen LogP contribution is 2.33. The van der Waals surface area contributed by atoms with Crippen LogP contribution in [0.1, 0.15) is 47.6 Å². The van der Waals surface area contributed by atoms with Crippen LogP contribution in [0.25, 0.3) is 0 Å². The summed E-state index contributed by atoms with van der Waals surface area (Å²) in [5.41, 5.74) is 2.62. The molecule has 124 valence electrons. The zero-order valence-corrected chi connectivity index (χ0v) is 13.8. The van der Waals surface area contributed by atoms with E-state index >= 15 is 0 Å². The van der Waals surface area contributed by atoms with Gasteiger partial charge in [0.1, 0.15) is 0 Å². The molecule has 0 aliphatic carbocycles. The van der Waals surface area contributed by atoms with E-state index in [-0.39, 0.29) is 6.04 Å². The minimum absolute atomic E-state index is 0.0138. The lowest BCUT2D eigenvalue weighted by atomic mass is 9.94. The fourth-order valence-electron chi connectivity index (χ4n) is 3.11. The van der Waals surface area contributed by atoms with Gasteiger partial charge in [-0.2, -0.15) is 4.98 Å². The number of aromatic nitrogens is 4. The van der Waals surface area contributed by atoms with Crippen LogP contribution in [0.4, 0.5) is 0 Å². The van der Waals surface area contributed by atoms with Crippen LogP contribution in [0, 0.1) is 6.92 Å². The smallest absolute Gasteiger partial charge is 0.240 e. The summed E-state index contributed by atoms with van der Waals surface area (Å²) < 4.78 is 11.1. The van der Waals surface area contributed by atoms with Gasteiger partial charge in [0.05, 0.1) is 12.6 Å². The van der Waals surface area contributed by atoms with Crippen molar-refractivity contribution in [2.75, 3.05) is 0 Å². The molecule has 0 amide bonds. The van der Waals surface area contributed by atoms with Gasteiger partial charge in [-0.05, 0) is 24.5 Å². The lowest BCUT2D eigenvalue weighted by molar-refractivity contribution is 0.120. The lowest BCUT2D eigenvalue weighted by Crippen LogP contribution is -2.34. The van der Waals surface area contributed by atoms with Crippen LogP contribution in [0.3, 0.4) is 0 Å². The van der Waals surface area contributed by atoms with Crippen molar-refractivity contribution in [3.05, 3.63) is 58.9 Å². The summed E-state index contributed by atoms with van der Waals surface area (Å²) in [6.07, 6.45) is 1.56. The molecule has 0 saturated heterocycles. The van der Waals surface area contributed by atoms with Crippen molar-refractivity contribution in [3.63, 3.8) is 0 Å². The third kappa shape index (κ3) is 2.82. The summed E-state index contributed by atoms with van der Waals surface area (Å²) in [6.45, 7) is 5.17. The average molecular weight is 325 g/mol. The molecule has 1 aliphatic heterocycles. The van der Waals surface area contributed by atoms with E-state index in [1.807, 2.05) is 13.8 Å². The normalized spacial score (nSPS) is 17.8. The second kappa shape index (κ2) is 6.16. The minimum Gasteiger partial charge on any atom is -0.424 e. The molecule has 0 saturated carbocycles. The molecule has 1 aliphatic rings. The number of fused-ring (bicyclic) bond motifs is 1. The Morgan fingerprint density at radius 3 is 2.71 bits per heavy atom. The topological polar surface area (TPSA) is 81.1 Å². The Balaban J connectivity index is 1.67. The van der Waals surface area contributed by atoms with Crippen molar-refractivity contribution in [2.24, 2.45) is 0 Å². The second-order valence-corrected chi connectivity index (χ2v) is 6.02. The first kappa shape index (κ1) is 15.0. The van der Waals surface area contributed by atoms with Crippen LogP contribution in [0.5, 0.6) is 0 Å². The molecular weight excluding hydrogens is 306 g/mol. The van der Waals surface area contributed by atoms with E-state index in [1.165, 1.54) is 11.1 Å². The Kier molecular flexibility index (Phi) is 3.86. The van der Waals surface area contributed by atoms with E-state index in [4.69, 9.17) is 8.94 Å². The van der Waals surface area contributed by atoms with Crippen molar-refractivity contribution < 1.29 is 8.94 Å². The largest absolute Gasteiger partial charge is 0.424 e. The highest BCUT2D eigenvalue weighted by Gasteiger charge is 2.32. The monoisotopic (exact) mass is 325 g/mol. The van der Waals surface area contributed by atoms with Crippen molar-refractivity contribution >= 4 is 0 Å². The van der Waals surface area contributed by atoms with Crippen LogP contribution < -0.4 is 0 Å². The Morgan fingerprint density at radius 1 is 1.17 bits per heavy atom. The van der Waals surface area contributed by atoms with E-state index in [9.17, 15) is 0 Å². The number of hydrogen-bond acceptors (Lipinski definition) is 7. The van der Waals surface area contributed by atoms with Crippen LogP contribution in [0.2, 0.25) is 0 Å². The lowest BCUT2D eigenvalue weighted by Gasteiger charge is -2.33. The molecule has 0 N–H and O–H groups in total. The standard InChI is InChI=1S/C17H19N5O2/c1-3-15-19-20-17(23-15)14-8-12-6-4-5-7-13(12)9-22(14)10-16-18-11(2)21-24-16/h4-7,14H,3,8-10H2,1-2H3/t14-/m1/s1. The quantitative estimate of drug-likeness (QED) is 0.729. The summed E-state index contributed by atoms with van der Waals surface area (Å²) >= 11 is 0. The zero-order chi connectivity index (χ0) is 16.5. The van der Waals surface area contributed by atoms with Gasteiger partial charge in [0.15, 0.2) is 5.82 Å². The van der Waals surface area contributed by atoms with Gasteiger partial charge >= 0.3 is 0 Å². The highest BCUT2D eigenvalue weighted by atomic mass is 16.5. The Hall–Kier alpha value is -2.54. The fraction of sp³-hybridized carbons (Fsp3) is 0.412.